The lowest BCUT2D eigenvalue weighted by atomic mass is 10.2. The molecule has 0 fully saturated rings. The summed E-state index contributed by atoms with van der Waals surface area (Å²) in [4.78, 5) is 0. The molecule has 0 aliphatic carbocycles. The molecule has 2 aromatic carbocycles. The number of halogens is 2. The van der Waals surface area contributed by atoms with Gasteiger partial charge in [-0.1, -0.05) is 48.0 Å². The smallest absolute Gasteiger partial charge is 0.210 e. The fraction of sp³-hybridized carbons (Fsp3) is 0. The maximum absolute atomic E-state index is 13.8. The van der Waals surface area contributed by atoms with Crippen molar-refractivity contribution in [2.24, 2.45) is 0 Å². The molecule has 1 heterocycles. The van der Waals surface area contributed by atoms with Gasteiger partial charge in [0.1, 0.15) is 0 Å². The monoisotopic (exact) mass is 245 g/mol. The summed E-state index contributed by atoms with van der Waals surface area (Å²) in [6, 6.07) is 15.4. The first kappa shape index (κ1) is 10.4. The summed E-state index contributed by atoms with van der Waals surface area (Å²) < 4.78 is 15.4. The van der Waals surface area contributed by atoms with E-state index in [1.165, 1.54) is 4.57 Å². The van der Waals surface area contributed by atoms with Crippen LogP contribution in [0.25, 0.3) is 27.8 Å². The Morgan fingerprint density at radius 1 is 0.941 bits per heavy atom. The third kappa shape index (κ3) is 1.45. The Hall–Kier alpha value is -1.80. The Balaban J connectivity index is 2.59. The molecule has 1 nitrogen and oxygen atoms in total. The molecule has 0 unspecified atom stereocenters. The maximum Gasteiger partial charge on any atom is 0.210 e. The van der Waals surface area contributed by atoms with Crippen LogP contribution in [0.2, 0.25) is 0 Å². The van der Waals surface area contributed by atoms with E-state index in [2.05, 4.69) is 0 Å². The lowest BCUT2D eigenvalue weighted by Gasteiger charge is -2.02. The normalized spacial score (nSPS) is 12.5. The number of rotatable bonds is 1. The molecular formula is C14H9ClFN. The van der Waals surface area contributed by atoms with Gasteiger partial charge in [-0.05, 0) is 12.1 Å². The molecule has 0 aliphatic heterocycles. The van der Waals surface area contributed by atoms with Crippen molar-refractivity contribution in [1.29, 1.82) is 0 Å². The second-order valence-electron chi connectivity index (χ2n) is 3.80. The molecule has 0 spiro atoms. The highest BCUT2D eigenvalue weighted by molar-refractivity contribution is 6.27. The van der Waals surface area contributed by atoms with Gasteiger partial charge in [0.05, 0.1) is 16.6 Å². The van der Waals surface area contributed by atoms with Crippen molar-refractivity contribution in [2.45, 2.75) is 0 Å². The molecule has 0 radical (unpaired) electrons. The lowest BCUT2D eigenvalue weighted by molar-refractivity contribution is 0.706. The molecule has 0 aliphatic rings. The minimum Gasteiger partial charge on any atom is -0.285 e. The fourth-order valence-corrected chi connectivity index (χ4v) is 2.30. The summed E-state index contributed by atoms with van der Waals surface area (Å²) in [5, 5.41) is 2.05. The molecule has 1 aromatic heterocycles. The van der Waals surface area contributed by atoms with Crippen molar-refractivity contribution >= 4 is 39.4 Å². The first-order valence-corrected chi connectivity index (χ1v) is 5.71. The highest BCUT2D eigenvalue weighted by Crippen LogP contribution is 2.31. The third-order valence-electron chi connectivity index (χ3n) is 2.88. The van der Waals surface area contributed by atoms with Gasteiger partial charge >= 0.3 is 0 Å². The highest BCUT2D eigenvalue weighted by atomic mass is 35.5. The van der Waals surface area contributed by atoms with Gasteiger partial charge in [0.15, 0.2) is 0 Å². The molecule has 0 bridgehead atoms. The van der Waals surface area contributed by atoms with Gasteiger partial charge in [-0.15, -0.1) is 0 Å². The number of nitrogens with zero attached hydrogens (tertiary/aromatic N) is 1. The molecular weight excluding hydrogens is 237 g/mol. The van der Waals surface area contributed by atoms with Crippen molar-refractivity contribution in [1.82, 2.24) is 4.57 Å². The Morgan fingerprint density at radius 3 is 1.88 bits per heavy atom. The number of fused-ring (bicyclic) bond motifs is 3. The van der Waals surface area contributed by atoms with E-state index in [9.17, 15) is 4.39 Å². The van der Waals surface area contributed by atoms with Gasteiger partial charge in [0.2, 0.25) is 5.95 Å². The Labute approximate surface area is 103 Å². The number of benzene rings is 2. The molecule has 0 atom stereocenters. The van der Waals surface area contributed by atoms with Crippen LogP contribution in [0.4, 0.5) is 4.39 Å². The van der Waals surface area contributed by atoms with E-state index in [-0.39, 0.29) is 0 Å². The van der Waals surface area contributed by atoms with Crippen molar-refractivity contribution in [3.63, 3.8) is 0 Å². The van der Waals surface area contributed by atoms with Crippen LogP contribution in [0.5, 0.6) is 0 Å². The Kier molecular flexibility index (Phi) is 2.37. The van der Waals surface area contributed by atoms with Crippen LogP contribution in [0.1, 0.15) is 0 Å². The van der Waals surface area contributed by atoms with E-state index in [1.54, 1.807) is 0 Å². The summed E-state index contributed by atoms with van der Waals surface area (Å²) in [5.41, 5.74) is 2.60. The van der Waals surface area contributed by atoms with E-state index < -0.39 is 5.95 Å². The van der Waals surface area contributed by atoms with Gasteiger partial charge in [-0.25, -0.2) is 0 Å². The average molecular weight is 246 g/mol. The van der Waals surface area contributed by atoms with Crippen LogP contribution in [-0.2, 0) is 0 Å². The van der Waals surface area contributed by atoms with E-state index in [0.717, 1.165) is 27.3 Å². The van der Waals surface area contributed by atoms with E-state index >= 15 is 0 Å². The topological polar surface area (TPSA) is 4.93 Å². The van der Waals surface area contributed by atoms with Crippen LogP contribution >= 0.6 is 11.6 Å². The molecule has 3 heteroatoms. The first-order chi connectivity index (χ1) is 8.33. The lowest BCUT2D eigenvalue weighted by Crippen LogP contribution is -1.90. The number of hydrogen-bond acceptors (Lipinski definition) is 0. The van der Waals surface area contributed by atoms with Gasteiger partial charge in [0.25, 0.3) is 0 Å². The maximum atomic E-state index is 13.8. The standard InChI is InChI=1S/C14H9ClFN/c15-9-14(16)17-12-7-3-1-5-10(12)11-6-2-4-8-13(11)17/h1-9H/b14-9+. The van der Waals surface area contributed by atoms with E-state index in [1.807, 2.05) is 48.5 Å². The quantitative estimate of drug-likeness (QED) is 0.583. The van der Waals surface area contributed by atoms with Gasteiger partial charge in [0, 0.05) is 10.8 Å². The van der Waals surface area contributed by atoms with Crippen LogP contribution in [0, 0.1) is 0 Å². The van der Waals surface area contributed by atoms with E-state index in [0.29, 0.717) is 0 Å². The van der Waals surface area contributed by atoms with Gasteiger partial charge in [-0.2, -0.15) is 4.39 Å². The summed E-state index contributed by atoms with van der Waals surface area (Å²) in [6.45, 7) is 0. The minimum absolute atomic E-state index is 0.468. The summed E-state index contributed by atoms with van der Waals surface area (Å²) in [6.07, 6.45) is 0. The molecule has 0 N–H and O–H groups in total. The average Bonchev–Trinajstić information content (AvgIpc) is 2.72. The predicted molar refractivity (Wildman–Crippen MR) is 70.7 cm³/mol. The second kappa shape index (κ2) is 3.90. The molecule has 3 rings (SSSR count). The van der Waals surface area contributed by atoms with Crippen LogP contribution in [0.15, 0.2) is 54.1 Å². The van der Waals surface area contributed by atoms with Crippen molar-refractivity contribution in [2.75, 3.05) is 0 Å². The molecule has 0 saturated carbocycles. The third-order valence-corrected chi connectivity index (χ3v) is 3.06. The summed E-state index contributed by atoms with van der Waals surface area (Å²) >= 11 is 5.49. The Morgan fingerprint density at radius 2 is 1.41 bits per heavy atom. The van der Waals surface area contributed by atoms with Crippen LogP contribution < -0.4 is 0 Å². The predicted octanol–water partition coefficient (Wildman–Crippen LogP) is 4.76. The van der Waals surface area contributed by atoms with Gasteiger partial charge in [-0.3, -0.25) is 4.57 Å². The van der Waals surface area contributed by atoms with E-state index in [4.69, 9.17) is 11.6 Å². The molecule has 17 heavy (non-hydrogen) atoms. The van der Waals surface area contributed by atoms with Crippen molar-refractivity contribution in [3.05, 3.63) is 54.1 Å². The zero-order valence-corrected chi connectivity index (χ0v) is 9.66. The van der Waals surface area contributed by atoms with Crippen LogP contribution in [0.3, 0.4) is 0 Å². The number of para-hydroxylation sites is 2. The second-order valence-corrected chi connectivity index (χ2v) is 4.02. The highest BCUT2D eigenvalue weighted by Gasteiger charge is 2.11. The summed E-state index contributed by atoms with van der Waals surface area (Å²) in [5.74, 6) is -0.468. The first-order valence-electron chi connectivity index (χ1n) is 5.27. The zero-order valence-electron chi connectivity index (χ0n) is 8.90. The molecule has 3 aromatic rings. The minimum atomic E-state index is -0.468. The number of hydrogen-bond donors (Lipinski definition) is 0. The SMILES string of the molecule is F/C(=C\Cl)n1c2ccccc2c2ccccc21. The largest absolute Gasteiger partial charge is 0.285 e. The molecule has 0 amide bonds. The van der Waals surface area contributed by atoms with Crippen molar-refractivity contribution in [3.8, 4) is 0 Å². The fourth-order valence-electron chi connectivity index (χ4n) is 2.20. The Bertz CT molecular complexity index is 674. The van der Waals surface area contributed by atoms with Crippen LogP contribution in [-0.4, -0.2) is 4.57 Å². The van der Waals surface area contributed by atoms with Crippen molar-refractivity contribution < 1.29 is 4.39 Å². The molecule has 84 valence electrons. The summed E-state index contributed by atoms with van der Waals surface area (Å²) in [7, 11) is 0. The zero-order chi connectivity index (χ0) is 11.8. The number of aromatic nitrogens is 1. The molecule has 0 saturated heterocycles. The van der Waals surface area contributed by atoms with Gasteiger partial charge < -0.3 is 0 Å².